The molecule has 0 radical (unpaired) electrons. The summed E-state index contributed by atoms with van der Waals surface area (Å²) < 4.78 is 5.10. The van der Waals surface area contributed by atoms with E-state index in [2.05, 4.69) is 11.4 Å². The zero-order chi connectivity index (χ0) is 15.3. The Kier molecular flexibility index (Phi) is 4.81. The third-order valence-corrected chi connectivity index (χ3v) is 4.04. The standard InChI is InChI=1S/C16H20N2O3/c1-21-13-6-4-5-12(9-13)14(19)10-18-15(20)16(11-17)7-2-3-8-16/h4-6,9,14,19H,2-3,7-8,10H2,1H3,(H,18,20)/t14-/m0/s1. The normalized spacial score (nSPS) is 17.8. The molecule has 0 bridgehead atoms. The van der Waals surface area contributed by atoms with Crippen LogP contribution in [0.25, 0.3) is 0 Å². The highest BCUT2D eigenvalue weighted by atomic mass is 16.5. The monoisotopic (exact) mass is 288 g/mol. The smallest absolute Gasteiger partial charge is 0.240 e. The van der Waals surface area contributed by atoms with Crippen LogP contribution in [-0.4, -0.2) is 24.7 Å². The van der Waals surface area contributed by atoms with Gasteiger partial charge in [0, 0.05) is 6.54 Å². The van der Waals surface area contributed by atoms with E-state index in [-0.39, 0.29) is 12.5 Å². The maximum absolute atomic E-state index is 12.2. The molecule has 21 heavy (non-hydrogen) atoms. The van der Waals surface area contributed by atoms with Gasteiger partial charge >= 0.3 is 0 Å². The summed E-state index contributed by atoms with van der Waals surface area (Å²) in [5, 5.41) is 22.1. The van der Waals surface area contributed by atoms with E-state index in [1.807, 2.05) is 0 Å². The van der Waals surface area contributed by atoms with Crippen molar-refractivity contribution in [2.24, 2.45) is 5.41 Å². The summed E-state index contributed by atoms with van der Waals surface area (Å²) in [6.07, 6.45) is 2.19. The van der Waals surface area contributed by atoms with Crippen molar-refractivity contribution in [3.8, 4) is 11.8 Å². The zero-order valence-electron chi connectivity index (χ0n) is 12.1. The third kappa shape index (κ3) is 3.34. The molecular formula is C16H20N2O3. The minimum absolute atomic E-state index is 0.0927. The number of carbonyl (C=O) groups is 1. The molecular weight excluding hydrogens is 268 g/mol. The molecule has 0 aliphatic heterocycles. The first-order valence-electron chi connectivity index (χ1n) is 7.13. The van der Waals surface area contributed by atoms with Gasteiger partial charge in [-0.1, -0.05) is 25.0 Å². The number of hydrogen-bond acceptors (Lipinski definition) is 4. The predicted octanol–water partition coefficient (Wildman–Crippen LogP) is 1.93. The lowest BCUT2D eigenvalue weighted by Crippen LogP contribution is -2.40. The van der Waals surface area contributed by atoms with Crippen molar-refractivity contribution in [3.05, 3.63) is 29.8 Å². The van der Waals surface area contributed by atoms with Crippen molar-refractivity contribution < 1.29 is 14.6 Å². The van der Waals surface area contributed by atoms with Crippen LogP contribution in [0.15, 0.2) is 24.3 Å². The van der Waals surface area contributed by atoms with Crippen LogP contribution in [0.2, 0.25) is 0 Å². The molecule has 1 saturated carbocycles. The number of amides is 1. The highest BCUT2D eigenvalue weighted by Gasteiger charge is 2.41. The quantitative estimate of drug-likeness (QED) is 0.867. The molecule has 1 aliphatic carbocycles. The fourth-order valence-corrected chi connectivity index (χ4v) is 2.69. The van der Waals surface area contributed by atoms with Gasteiger partial charge < -0.3 is 15.2 Å². The highest BCUT2D eigenvalue weighted by molar-refractivity contribution is 5.85. The molecule has 1 aromatic rings. The van der Waals surface area contributed by atoms with Crippen molar-refractivity contribution >= 4 is 5.91 Å². The summed E-state index contributed by atoms with van der Waals surface area (Å²) in [6, 6.07) is 9.22. The number of rotatable bonds is 5. The Hall–Kier alpha value is -2.06. The number of nitrogens with zero attached hydrogens (tertiary/aromatic N) is 1. The first-order valence-corrected chi connectivity index (χ1v) is 7.13. The first kappa shape index (κ1) is 15.3. The van der Waals surface area contributed by atoms with E-state index in [9.17, 15) is 15.2 Å². The van der Waals surface area contributed by atoms with Gasteiger partial charge in [-0.05, 0) is 30.5 Å². The number of nitriles is 1. The number of aliphatic hydroxyl groups excluding tert-OH is 1. The van der Waals surface area contributed by atoms with E-state index in [1.54, 1.807) is 31.4 Å². The highest BCUT2D eigenvalue weighted by Crippen LogP contribution is 2.37. The van der Waals surface area contributed by atoms with Gasteiger partial charge in [-0.3, -0.25) is 4.79 Å². The van der Waals surface area contributed by atoms with Gasteiger partial charge in [0.2, 0.25) is 5.91 Å². The third-order valence-electron chi connectivity index (χ3n) is 4.04. The Labute approximate surface area is 124 Å². The summed E-state index contributed by atoms with van der Waals surface area (Å²) in [5.74, 6) is 0.381. The van der Waals surface area contributed by atoms with Crippen molar-refractivity contribution in [2.75, 3.05) is 13.7 Å². The number of benzene rings is 1. The zero-order valence-corrected chi connectivity index (χ0v) is 12.1. The number of ether oxygens (including phenoxy) is 1. The van der Waals surface area contributed by atoms with Gasteiger partial charge in [0.15, 0.2) is 0 Å². The predicted molar refractivity (Wildman–Crippen MR) is 77.5 cm³/mol. The molecule has 0 saturated heterocycles. The molecule has 0 aromatic heterocycles. The lowest BCUT2D eigenvalue weighted by molar-refractivity contribution is -0.128. The van der Waals surface area contributed by atoms with Crippen LogP contribution in [-0.2, 0) is 4.79 Å². The second kappa shape index (κ2) is 6.59. The van der Waals surface area contributed by atoms with E-state index >= 15 is 0 Å². The molecule has 1 aliphatic rings. The number of nitrogens with one attached hydrogen (secondary N) is 1. The van der Waals surface area contributed by atoms with Crippen molar-refractivity contribution in [2.45, 2.75) is 31.8 Å². The van der Waals surface area contributed by atoms with Crippen LogP contribution in [0, 0.1) is 16.7 Å². The van der Waals surface area contributed by atoms with Gasteiger partial charge in [0.25, 0.3) is 0 Å². The number of aliphatic hydroxyl groups is 1. The summed E-state index contributed by atoms with van der Waals surface area (Å²) in [7, 11) is 1.56. The Morgan fingerprint density at radius 1 is 1.52 bits per heavy atom. The largest absolute Gasteiger partial charge is 0.497 e. The second-order valence-corrected chi connectivity index (χ2v) is 5.40. The van der Waals surface area contributed by atoms with E-state index in [1.165, 1.54) is 0 Å². The molecule has 0 spiro atoms. The molecule has 5 nitrogen and oxygen atoms in total. The van der Waals surface area contributed by atoms with E-state index in [0.29, 0.717) is 24.2 Å². The number of methoxy groups -OCH3 is 1. The second-order valence-electron chi connectivity index (χ2n) is 5.40. The maximum atomic E-state index is 12.2. The average molecular weight is 288 g/mol. The Morgan fingerprint density at radius 2 is 2.24 bits per heavy atom. The summed E-state index contributed by atoms with van der Waals surface area (Å²) >= 11 is 0. The van der Waals surface area contributed by atoms with Crippen LogP contribution in [0.4, 0.5) is 0 Å². The summed E-state index contributed by atoms with van der Waals surface area (Å²) in [4.78, 5) is 12.2. The molecule has 1 amide bonds. The molecule has 112 valence electrons. The van der Waals surface area contributed by atoms with Crippen LogP contribution < -0.4 is 10.1 Å². The number of hydrogen-bond donors (Lipinski definition) is 2. The molecule has 0 heterocycles. The maximum Gasteiger partial charge on any atom is 0.240 e. The summed E-state index contributed by atoms with van der Waals surface area (Å²) in [5.41, 5.74) is -0.235. The van der Waals surface area contributed by atoms with Crippen LogP contribution in [0.3, 0.4) is 0 Å². The van der Waals surface area contributed by atoms with Crippen LogP contribution >= 0.6 is 0 Å². The minimum Gasteiger partial charge on any atom is -0.497 e. The fraction of sp³-hybridized carbons (Fsp3) is 0.500. The SMILES string of the molecule is COc1cccc([C@@H](O)CNC(=O)C2(C#N)CCCC2)c1. The molecule has 1 atom stereocenters. The van der Waals surface area contributed by atoms with Gasteiger partial charge in [0.1, 0.15) is 11.2 Å². The molecule has 1 aromatic carbocycles. The Bertz CT molecular complexity index is 545. The average Bonchev–Trinajstić information content (AvgIpc) is 3.02. The van der Waals surface area contributed by atoms with E-state index < -0.39 is 11.5 Å². The van der Waals surface area contributed by atoms with Crippen molar-refractivity contribution in [1.82, 2.24) is 5.32 Å². The van der Waals surface area contributed by atoms with Crippen molar-refractivity contribution in [3.63, 3.8) is 0 Å². The summed E-state index contributed by atoms with van der Waals surface area (Å²) in [6.45, 7) is 0.0927. The van der Waals surface area contributed by atoms with Gasteiger partial charge in [0.05, 0.1) is 19.3 Å². The van der Waals surface area contributed by atoms with Crippen LogP contribution in [0.1, 0.15) is 37.4 Å². The molecule has 2 N–H and O–H groups in total. The molecule has 2 rings (SSSR count). The topological polar surface area (TPSA) is 82.3 Å². The minimum atomic E-state index is -0.909. The fourth-order valence-electron chi connectivity index (χ4n) is 2.69. The lowest BCUT2D eigenvalue weighted by atomic mass is 9.87. The Morgan fingerprint density at radius 3 is 2.86 bits per heavy atom. The molecule has 5 heteroatoms. The van der Waals surface area contributed by atoms with Gasteiger partial charge in [-0.25, -0.2) is 0 Å². The van der Waals surface area contributed by atoms with Gasteiger partial charge in [-0.15, -0.1) is 0 Å². The van der Waals surface area contributed by atoms with Gasteiger partial charge in [-0.2, -0.15) is 5.26 Å². The molecule has 0 unspecified atom stereocenters. The van der Waals surface area contributed by atoms with E-state index in [0.717, 1.165) is 12.8 Å². The van der Waals surface area contributed by atoms with Crippen molar-refractivity contribution in [1.29, 1.82) is 5.26 Å². The van der Waals surface area contributed by atoms with Crippen LogP contribution in [0.5, 0.6) is 5.75 Å². The first-order chi connectivity index (χ1) is 10.1. The number of carbonyl (C=O) groups excluding carboxylic acids is 1. The van der Waals surface area contributed by atoms with E-state index in [4.69, 9.17) is 4.74 Å². The molecule has 1 fully saturated rings. The lowest BCUT2D eigenvalue weighted by Gasteiger charge is -2.21. The Balaban J connectivity index is 1.96.